The minimum absolute atomic E-state index is 0.00976. The van der Waals surface area contributed by atoms with E-state index >= 15 is 0 Å². The Morgan fingerprint density at radius 1 is 1.30 bits per heavy atom. The van der Waals surface area contributed by atoms with Gasteiger partial charge in [-0.3, -0.25) is 4.90 Å². The van der Waals surface area contributed by atoms with Crippen LogP contribution in [0.3, 0.4) is 0 Å². The van der Waals surface area contributed by atoms with Crippen LogP contribution in [0.5, 0.6) is 5.75 Å². The number of para-hydroxylation sites is 1. The van der Waals surface area contributed by atoms with Gasteiger partial charge >= 0.3 is 6.03 Å². The molecule has 2 aliphatic heterocycles. The van der Waals surface area contributed by atoms with Gasteiger partial charge in [0.1, 0.15) is 5.75 Å². The van der Waals surface area contributed by atoms with E-state index < -0.39 is 0 Å². The molecule has 0 aromatic heterocycles. The van der Waals surface area contributed by atoms with Crippen molar-refractivity contribution in [1.29, 1.82) is 0 Å². The maximum atomic E-state index is 12.3. The molecule has 1 fully saturated rings. The van der Waals surface area contributed by atoms with Gasteiger partial charge in [-0.15, -0.1) is 0 Å². The minimum Gasteiger partial charge on any atom is -0.493 e. The number of amides is 2. The Kier molecular flexibility index (Phi) is 5.35. The van der Waals surface area contributed by atoms with Crippen molar-refractivity contribution in [3.8, 4) is 5.75 Å². The van der Waals surface area contributed by atoms with Gasteiger partial charge in [0.15, 0.2) is 0 Å². The third-order valence-corrected chi connectivity index (χ3v) is 4.28. The Bertz CT molecular complexity index is 532. The van der Waals surface area contributed by atoms with Gasteiger partial charge in [-0.2, -0.15) is 0 Å². The van der Waals surface area contributed by atoms with Crippen molar-refractivity contribution in [1.82, 2.24) is 15.5 Å². The van der Waals surface area contributed by atoms with E-state index in [4.69, 9.17) is 9.47 Å². The molecule has 0 unspecified atom stereocenters. The van der Waals surface area contributed by atoms with Gasteiger partial charge in [-0.1, -0.05) is 18.2 Å². The number of carbonyl (C=O) groups excluding carboxylic acids is 1. The Balaban J connectivity index is 1.49. The molecule has 1 aromatic rings. The quantitative estimate of drug-likeness (QED) is 0.883. The summed E-state index contributed by atoms with van der Waals surface area (Å²) in [7, 11) is 0. The molecule has 2 amide bonds. The molecule has 0 spiro atoms. The van der Waals surface area contributed by atoms with E-state index in [0.717, 1.165) is 50.6 Å². The Morgan fingerprint density at radius 3 is 2.91 bits per heavy atom. The predicted molar refractivity (Wildman–Crippen MR) is 87.7 cm³/mol. The van der Waals surface area contributed by atoms with E-state index in [1.165, 1.54) is 0 Å². The zero-order chi connectivity index (χ0) is 16.1. The normalized spacial score (nSPS) is 22.6. The van der Waals surface area contributed by atoms with Gasteiger partial charge in [0.05, 0.1) is 25.9 Å². The number of morpholine rings is 1. The highest BCUT2D eigenvalue weighted by atomic mass is 16.5. The Morgan fingerprint density at radius 2 is 2.09 bits per heavy atom. The molecule has 0 aliphatic carbocycles. The van der Waals surface area contributed by atoms with Crippen LogP contribution < -0.4 is 15.4 Å². The number of hydrogen-bond acceptors (Lipinski definition) is 4. The molecule has 3 rings (SSSR count). The van der Waals surface area contributed by atoms with Gasteiger partial charge in [0, 0.05) is 37.7 Å². The maximum Gasteiger partial charge on any atom is 0.315 e. The molecule has 0 bridgehead atoms. The number of urea groups is 1. The van der Waals surface area contributed by atoms with Crippen molar-refractivity contribution in [3.05, 3.63) is 29.8 Å². The van der Waals surface area contributed by atoms with Crippen LogP contribution in [0.2, 0.25) is 0 Å². The van der Waals surface area contributed by atoms with Crippen LogP contribution >= 0.6 is 0 Å². The number of nitrogens with zero attached hydrogens (tertiary/aromatic N) is 1. The summed E-state index contributed by atoms with van der Waals surface area (Å²) in [5.41, 5.74) is 1.05. The van der Waals surface area contributed by atoms with Crippen molar-refractivity contribution in [2.45, 2.75) is 25.4 Å². The molecule has 1 aromatic carbocycles. The largest absolute Gasteiger partial charge is 0.493 e. The molecular formula is C17H25N3O3. The Hall–Kier alpha value is -1.79. The average Bonchev–Trinajstić information content (AvgIpc) is 2.56. The molecule has 126 valence electrons. The van der Waals surface area contributed by atoms with Gasteiger partial charge in [0.2, 0.25) is 0 Å². The number of rotatable bonds is 4. The number of hydrogen-bond donors (Lipinski definition) is 2. The number of fused-ring (bicyclic) bond motifs is 1. The first kappa shape index (κ1) is 16.1. The summed E-state index contributed by atoms with van der Waals surface area (Å²) in [6.45, 7) is 6.93. The minimum atomic E-state index is -0.118. The van der Waals surface area contributed by atoms with Crippen molar-refractivity contribution < 1.29 is 14.3 Å². The molecule has 0 radical (unpaired) electrons. The van der Waals surface area contributed by atoms with E-state index in [2.05, 4.69) is 15.5 Å². The van der Waals surface area contributed by atoms with Crippen LogP contribution in [0.4, 0.5) is 4.79 Å². The number of nitrogens with one attached hydrogen (secondary N) is 2. The summed E-state index contributed by atoms with van der Waals surface area (Å²) in [6.07, 6.45) is 0.794. The second kappa shape index (κ2) is 7.66. The second-order valence-electron chi connectivity index (χ2n) is 6.16. The van der Waals surface area contributed by atoms with Gasteiger partial charge in [0.25, 0.3) is 0 Å². The zero-order valence-electron chi connectivity index (χ0n) is 13.6. The third kappa shape index (κ3) is 4.36. The molecule has 6 heteroatoms. The second-order valence-corrected chi connectivity index (χ2v) is 6.16. The van der Waals surface area contributed by atoms with Crippen molar-refractivity contribution in [2.24, 2.45) is 0 Å². The fourth-order valence-electron chi connectivity index (χ4n) is 3.13. The van der Waals surface area contributed by atoms with E-state index in [9.17, 15) is 4.79 Å². The van der Waals surface area contributed by atoms with Crippen LogP contribution in [0.1, 0.15) is 24.9 Å². The van der Waals surface area contributed by atoms with Crippen molar-refractivity contribution >= 4 is 6.03 Å². The number of benzene rings is 1. The number of carbonyl (C=O) groups is 1. The summed E-state index contributed by atoms with van der Waals surface area (Å²) in [5.74, 6) is 0.866. The van der Waals surface area contributed by atoms with Crippen LogP contribution in [0.25, 0.3) is 0 Å². The standard InChI is InChI=1S/C17H25N3O3/c1-13(12-20-7-10-22-11-8-20)18-17(21)19-15-6-9-23-16-5-3-2-4-14(15)16/h2-5,13,15H,6-12H2,1H3,(H2,18,19,21)/t13-,15-/m1/s1. The fourth-order valence-corrected chi connectivity index (χ4v) is 3.13. The van der Waals surface area contributed by atoms with Crippen molar-refractivity contribution in [2.75, 3.05) is 39.5 Å². The smallest absolute Gasteiger partial charge is 0.315 e. The molecule has 23 heavy (non-hydrogen) atoms. The Labute approximate surface area is 137 Å². The molecule has 2 atom stereocenters. The fraction of sp³-hybridized carbons (Fsp3) is 0.588. The highest BCUT2D eigenvalue weighted by Crippen LogP contribution is 2.31. The lowest BCUT2D eigenvalue weighted by Gasteiger charge is -2.30. The molecule has 2 heterocycles. The summed E-state index contributed by atoms with van der Waals surface area (Å²) in [5, 5.41) is 6.10. The van der Waals surface area contributed by atoms with Crippen LogP contribution in [-0.2, 0) is 4.74 Å². The SMILES string of the molecule is C[C@H](CN1CCOCC1)NC(=O)N[C@@H]1CCOc2ccccc21. The van der Waals surface area contributed by atoms with E-state index in [-0.39, 0.29) is 18.1 Å². The maximum absolute atomic E-state index is 12.3. The summed E-state index contributed by atoms with van der Waals surface area (Å²) in [4.78, 5) is 14.6. The van der Waals surface area contributed by atoms with Gasteiger partial charge < -0.3 is 20.1 Å². The summed E-state index contributed by atoms with van der Waals surface area (Å²) < 4.78 is 11.0. The van der Waals surface area contributed by atoms with E-state index in [1.807, 2.05) is 31.2 Å². The first-order chi connectivity index (χ1) is 11.2. The van der Waals surface area contributed by atoms with Gasteiger partial charge in [-0.25, -0.2) is 4.79 Å². The predicted octanol–water partition coefficient (Wildman–Crippen LogP) is 1.53. The summed E-state index contributed by atoms with van der Waals surface area (Å²) >= 11 is 0. The highest BCUT2D eigenvalue weighted by molar-refractivity contribution is 5.75. The lowest BCUT2D eigenvalue weighted by atomic mass is 10.0. The molecule has 0 saturated carbocycles. The lowest BCUT2D eigenvalue weighted by molar-refractivity contribution is 0.0349. The molecule has 2 N–H and O–H groups in total. The van der Waals surface area contributed by atoms with Crippen LogP contribution in [0, 0.1) is 0 Å². The number of ether oxygens (including phenoxy) is 2. The highest BCUT2D eigenvalue weighted by Gasteiger charge is 2.23. The third-order valence-electron chi connectivity index (χ3n) is 4.28. The monoisotopic (exact) mass is 319 g/mol. The zero-order valence-corrected chi connectivity index (χ0v) is 13.6. The molecule has 2 aliphatic rings. The van der Waals surface area contributed by atoms with E-state index in [1.54, 1.807) is 0 Å². The molecular weight excluding hydrogens is 294 g/mol. The molecule has 6 nitrogen and oxygen atoms in total. The van der Waals surface area contributed by atoms with E-state index in [0.29, 0.717) is 6.61 Å². The van der Waals surface area contributed by atoms with Crippen LogP contribution in [-0.4, -0.2) is 56.4 Å². The summed E-state index contributed by atoms with van der Waals surface area (Å²) in [6, 6.07) is 7.87. The average molecular weight is 319 g/mol. The topological polar surface area (TPSA) is 62.8 Å². The first-order valence-electron chi connectivity index (χ1n) is 8.31. The van der Waals surface area contributed by atoms with Crippen molar-refractivity contribution in [3.63, 3.8) is 0 Å². The van der Waals surface area contributed by atoms with Crippen LogP contribution in [0.15, 0.2) is 24.3 Å². The van der Waals surface area contributed by atoms with Gasteiger partial charge in [-0.05, 0) is 13.0 Å². The molecule has 1 saturated heterocycles. The first-order valence-corrected chi connectivity index (χ1v) is 8.31. The lowest BCUT2D eigenvalue weighted by Crippen LogP contribution is -2.49.